The third kappa shape index (κ3) is 5.93. The summed E-state index contributed by atoms with van der Waals surface area (Å²) in [6.45, 7) is 2.01. The van der Waals surface area contributed by atoms with E-state index in [9.17, 15) is 14.7 Å². The van der Waals surface area contributed by atoms with Crippen molar-refractivity contribution in [2.24, 2.45) is 5.92 Å². The van der Waals surface area contributed by atoms with Crippen molar-refractivity contribution in [3.05, 3.63) is 53.6 Å². The van der Waals surface area contributed by atoms with Gasteiger partial charge in [0.05, 0.1) is 20.1 Å². The molecule has 0 spiro atoms. The zero-order chi connectivity index (χ0) is 23.1. The average Bonchev–Trinajstić information content (AvgIpc) is 2.82. The first-order valence-electron chi connectivity index (χ1n) is 10.9. The number of rotatable bonds is 9. The van der Waals surface area contributed by atoms with E-state index < -0.39 is 5.97 Å². The summed E-state index contributed by atoms with van der Waals surface area (Å²) in [5.74, 6) is 0.463. The molecule has 1 heterocycles. The number of piperidine rings is 1. The molecule has 0 unspecified atom stereocenters. The highest BCUT2D eigenvalue weighted by molar-refractivity contribution is 5.76. The zero-order valence-corrected chi connectivity index (χ0v) is 19.0. The fourth-order valence-electron chi connectivity index (χ4n) is 4.08. The summed E-state index contributed by atoms with van der Waals surface area (Å²) in [5, 5.41) is 9.19. The number of carbonyl (C=O) groups is 2. The predicted molar refractivity (Wildman–Crippen MR) is 123 cm³/mol. The number of carboxylic acid groups (broad SMARTS) is 1. The molecule has 1 saturated heterocycles. The molecule has 1 aliphatic heterocycles. The minimum atomic E-state index is -0.702. The summed E-state index contributed by atoms with van der Waals surface area (Å²) < 4.78 is 10.6. The Morgan fingerprint density at radius 3 is 2.41 bits per heavy atom. The van der Waals surface area contributed by atoms with Crippen LogP contribution < -0.4 is 14.4 Å². The molecule has 0 aromatic heterocycles. The Hall–Kier alpha value is -3.22. The standard InChI is InChI=1S/C25H32N2O5/c1-26(24(28)10-8-18-7-9-22(31-2)23(16-18)32-3)17-19-5-4-6-21(15-19)27-13-11-20(12-14-27)25(29)30/h4-7,9,15-16,20H,8,10-14,17H2,1-3H3,(H,29,30). The molecular formula is C25H32N2O5. The molecule has 1 fully saturated rings. The Morgan fingerprint density at radius 2 is 1.75 bits per heavy atom. The van der Waals surface area contributed by atoms with Crippen LogP contribution in [-0.4, -0.2) is 56.2 Å². The van der Waals surface area contributed by atoms with E-state index in [1.54, 1.807) is 19.1 Å². The lowest BCUT2D eigenvalue weighted by molar-refractivity contribution is -0.142. The van der Waals surface area contributed by atoms with Crippen LogP contribution in [0.2, 0.25) is 0 Å². The number of amides is 1. The first kappa shape index (κ1) is 23.4. The van der Waals surface area contributed by atoms with Crippen molar-refractivity contribution in [1.82, 2.24) is 4.90 Å². The second-order valence-electron chi connectivity index (χ2n) is 8.21. The van der Waals surface area contributed by atoms with Crippen LogP contribution in [0, 0.1) is 5.92 Å². The van der Waals surface area contributed by atoms with E-state index in [0.29, 0.717) is 43.7 Å². The molecule has 0 bridgehead atoms. The zero-order valence-electron chi connectivity index (χ0n) is 19.0. The second-order valence-corrected chi connectivity index (χ2v) is 8.21. The average molecular weight is 441 g/mol. The van der Waals surface area contributed by atoms with Crippen LogP contribution in [0.4, 0.5) is 5.69 Å². The van der Waals surface area contributed by atoms with Crippen LogP contribution >= 0.6 is 0 Å². The van der Waals surface area contributed by atoms with Gasteiger partial charge in [0.25, 0.3) is 0 Å². The molecule has 1 aliphatic rings. The van der Waals surface area contributed by atoms with Gasteiger partial charge >= 0.3 is 5.97 Å². The Morgan fingerprint density at radius 1 is 1.03 bits per heavy atom. The third-order valence-corrected chi connectivity index (χ3v) is 6.04. The van der Waals surface area contributed by atoms with Crippen molar-refractivity contribution in [1.29, 1.82) is 0 Å². The summed E-state index contributed by atoms with van der Waals surface area (Å²) in [5.41, 5.74) is 3.17. The van der Waals surface area contributed by atoms with E-state index in [4.69, 9.17) is 9.47 Å². The normalized spacial score (nSPS) is 14.2. The number of aliphatic carboxylic acids is 1. The molecule has 0 aliphatic carbocycles. The molecule has 1 amide bonds. The van der Waals surface area contributed by atoms with E-state index in [1.165, 1.54) is 0 Å². The van der Waals surface area contributed by atoms with Gasteiger partial charge in [-0.15, -0.1) is 0 Å². The second kappa shape index (κ2) is 10.9. The van der Waals surface area contributed by atoms with E-state index >= 15 is 0 Å². The molecule has 1 N–H and O–H groups in total. The van der Waals surface area contributed by atoms with E-state index in [0.717, 1.165) is 29.9 Å². The lowest BCUT2D eigenvalue weighted by Crippen LogP contribution is -2.36. The number of benzene rings is 2. The number of carboxylic acids is 1. The molecule has 32 heavy (non-hydrogen) atoms. The van der Waals surface area contributed by atoms with Crippen LogP contribution in [0.15, 0.2) is 42.5 Å². The minimum Gasteiger partial charge on any atom is -0.493 e. The van der Waals surface area contributed by atoms with Crippen LogP contribution in [0.1, 0.15) is 30.4 Å². The van der Waals surface area contributed by atoms with Gasteiger partial charge in [-0.1, -0.05) is 18.2 Å². The molecular weight excluding hydrogens is 408 g/mol. The summed E-state index contributed by atoms with van der Waals surface area (Å²) >= 11 is 0. The van der Waals surface area contributed by atoms with E-state index in [-0.39, 0.29) is 11.8 Å². The summed E-state index contributed by atoms with van der Waals surface area (Å²) in [4.78, 5) is 27.8. The van der Waals surface area contributed by atoms with Crippen molar-refractivity contribution in [3.8, 4) is 11.5 Å². The molecule has 0 radical (unpaired) electrons. The lowest BCUT2D eigenvalue weighted by atomic mass is 9.96. The number of methoxy groups -OCH3 is 2. The molecule has 2 aromatic carbocycles. The van der Waals surface area contributed by atoms with Crippen LogP contribution in [0.3, 0.4) is 0 Å². The first-order chi connectivity index (χ1) is 15.4. The Labute approximate surface area is 189 Å². The van der Waals surface area contributed by atoms with Crippen LogP contribution in [0.25, 0.3) is 0 Å². The quantitative estimate of drug-likeness (QED) is 0.642. The highest BCUT2D eigenvalue weighted by Gasteiger charge is 2.24. The van der Waals surface area contributed by atoms with Gasteiger partial charge in [-0.05, 0) is 54.7 Å². The van der Waals surface area contributed by atoms with E-state index in [1.807, 2.05) is 43.4 Å². The summed E-state index contributed by atoms with van der Waals surface area (Å²) in [6.07, 6.45) is 2.36. The monoisotopic (exact) mass is 440 g/mol. The van der Waals surface area contributed by atoms with Gasteiger partial charge in [0.15, 0.2) is 11.5 Å². The van der Waals surface area contributed by atoms with Crippen molar-refractivity contribution in [2.75, 3.05) is 39.3 Å². The Balaban J connectivity index is 1.54. The Kier molecular flexibility index (Phi) is 7.98. The smallest absolute Gasteiger partial charge is 0.306 e. The summed E-state index contributed by atoms with van der Waals surface area (Å²) in [6, 6.07) is 13.9. The highest BCUT2D eigenvalue weighted by atomic mass is 16.5. The van der Waals surface area contributed by atoms with Crippen molar-refractivity contribution in [2.45, 2.75) is 32.2 Å². The molecule has 7 nitrogen and oxygen atoms in total. The first-order valence-corrected chi connectivity index (χ1v) is 10.9. The van der Waals surface area contributed by atoms with Gasteiger partial charge in [0.1, 0.15) is 0 Å². The fraction of sp³-hybridized carbons (Fsp3) is 0.440. The number of hydrogen-bond acceptors (Lipinski definition) is 5. The van der Waals surface area contributed by atoms with Gasteiger partial charge < -0.3 is 24.4 Å². The number of carbonyl (C=O) groups excluding carboxylic acids is 1. The highest BCUT2D eigenvalue weighted by Crippen LogP contribution is 2.28. The maximum Gasteiger partial charge on any atom is 0.306 e. The predicted octanol–water partition coefficient (Wildman–Crippen LogP) is 3.60. The third-order valence-electron chi connectivity index (χ3n) is 6.04. The van der Waals surface area contributed by atoms with Crippen molar-refractivity contribution < 1.29 is 24.2 Å². The largest absolute Gasteiger partial charge is 0.493 e. The van der Waals surface area contributed by atoms with Gasteiger partial charge in [0, 0.05) is 38.8 Å². The van der Waals surface area contributed by atoms with E-state index in [2.05, 4.69) is 11.0 Å². The molecule has 0 atom stereocenters. The maximum absolute atomic E-state index is 12.7. The van der Waals surface area contributed by atoms with Crippen LogP contribution in [-0.2, 0) is 22.6 Å². The molecule has 7 heteroatoms. The SMILES string of the molecule is COc1ccc(CCC(=O)N(C)Cc2cccc(N3CCC(C(=O)O)CC3)c2)cc1OC. The molecule has 3 rings (SSSR count). The number of nitrogens with zero attached hydrogens (tertiary/aromatic N) is 2. The number of ether oxygens (including phenoxy) is 2. The van der Waals surface area contributed by atoms with Gasteiger partial charge in [0.2, 0.25) is 5.91 Å². The van der Waals surface area contributed by atoms with Crippen molar-refractivity contribution >= 4 is 17.6 Å². The van der Waals surface area contributed by atoms with Crippen LogP contribution in [0.5, 0.6) is 11.5 Å². The topological polar surface area (TPSA) is 79.3 Å². The molecule has 172 valence electrons. The number of anilines is 1. The van der Waals surface area contributed by atoms with Gasteiger partial charge in [-0.3, -0.25) is 9.59 Å². The number of aryl methyl sites for hydroxylation is 1. The summed E-state index contributed by atoms with van der Waals surface area (Å²) in [7, 11) is 5.02. The maximum atomic E-state index is 12.7. The minimum absolute atomic E-state index is 0.0764. The molecule has 0 saturated carbocycles. The lowest BCUT2D eigenvalue weighted by Gasteiger charge is -2.32. The Bertz CT molecular complexity index is 938. The van der Waals surface area contributed by atoms with Gasteiger partial charge in [-0.2, -0.15) is 0 Å². The molecule has 2 aromatic rings. The fourth-order valence-corrected chi connectivity index (χ4v) is 4.08. The number of hydrogen-bond donors (Lipinski definition) is 1. The van der Waals surface area contributed by atoms with Crippen molar-refractivity contribution in [3.63, 3.8) is 0 Å². The van der Waals surface area contributed by atoms with Gasteiger partial charge in [-0.25, -0.2) is 0 Å².